The van der Waals surface area contributed by atoms with Crippen LogP contribution in [0.4, 0.5) is 0 Å². The molecule has 12 heavy (non-hydrogen) atoms. The Labute approximate surface area is 73.3 Å². The fourth-order valence-electron chi connectivity index (χ4n) is 1.22. The van der Waals surface area contributed by atoms with Crippen molar-refractivity contribution in [3.8, 4) is 0 Å². The lowest BCUT2D eigenvalue weighted by molar-refractivity contribution is 1.42. The van der Waals surface area contributed by atoms with Crippen molar-refractivity contribution in [1.82, 2.24) is 0 Å². The maximum absolute atomic E-state index is 7.20. The number of rotatable bonds is 2. The average molecular weight is 159 g/mol. The molecule has 0 aromatic heterocycles. The largest absolute Gasteiger partial charge is 0.308 e. The second kappa shape index (κ2) is 3.86. The molecule has 1 aromatic carbocycles. The normalized spacial score (nSPS) is 10.5. The van der Waals surface area contributed by atoms with E-state index < -0.39 is 0 Å². The molecule has 0 saturated carbocycles. The molecule has 0 saturated heterocycles. The Balaban J connectivity index is 3.28. The van der Waals surface area contributed by atoms with Crippen LogP contribution in [0.1, 0.15) is 23.6 Å². The predicted octanol–water partition coefficient (Wildman–Crippen LogP) is 3.03. The summed E-state index contributed by atoms with van der Waals surface area (Å²) in [7, 11) is 0. The summed E-state index contributed by atoms with van der Waals surface area (Å²) in [6.45, 7) is 4.04. The number of aryl methyl sites for hydroxylation is 1. The predicted molar refractivity (Wildman–Crippen MR) is 53.8 cm³/mol. The summed E-state index contributed by atoms with van der Waals surface area (Å²) in [6, 6.07) is 5.99. The highest BCUT2D eigenvalue weighted by Crippen LogP contribution is 2.13. The van der Waals surface area contributed by atoms with E-state index in [0.717, 1.165) is 11.1 Å². The van der Waals surface area contributed by atoms with Crippen LogP contribution in [0.15, 0.2) is 24.3 Å². The van der Waals surface area contributed by atoms with Crippen LogP contribution in [0, 0.1) is 12.3 Å². The maximum Gasteiger partial charge on any atom is 0.0256 e. The number of nitrogens with one attached hydrogen (secondary N) is 1. The highest BCUT2D eigenvalue weighted by molar-refractivity contribution is 5.84. The first-order valence-electron chi connectivity index (χ1n) is 4.02. The number of benzene rings is 1. The van der Waals surface area contributed by atoms with Crippen molar-refractivity contribution in [2.45, 2.75) is 13.8 Å². The summed E-state index contributed by atoms with van der Waals surface area (Å²) in [5.74, 6) is 0. The summed E-state index contributed by atoms with van der Waals surface area (Å²) in [4.78, 5) is 0. The maximum atomic E-state index is 7.20. The molecule has 0 amide bonds. The molecule has 0 heterocycles. The fourth-order valence-corrected chi connectivity index (χ4v) is 1.22. The van der Waals surface area contributed by atoms with E-state index in [1.54, 1.807) is 0 Å². The fraction of sp³-hybridized carbons (Fsp3) is 0.182. The average Bonchev–Trinajstić information content (AvgIpc) is 2.09. The minimum absolute atomic E-state index is 0.980. The molecule has 0 spiro atoms. The van der Waals surface area contributed by atoms with Crippen molar-refractivity contribution in [3.05, 3.63) is 41.0 Å². The van der Waals surface area contributed by atoms with Crippen molar-refractivity contribution < 1.29 is 0 Å². The Morgan fingerprint density at radius 1 is 1.33 bits per heavy atom. The van der Waals surface area contributed by atoms with Crippen LogP contribution in [-0.4, -0.2) is 6.21 Å². The molecule has 1 heteroatoms. The quantitative estimate of drug-likeness (QED) is 0.641. The Bertz CT molecular complexity index is 311. The molecule has 0 aliphatic carbocycles. The third-order valence-corrected chi connectivity index (χ3v) is 1.85. The van der Waals surface area contributed by atoms with E-state index in [2.05, 4.69) is 13.0 Å². The van der Waals surface area contributed by atoms with Gasteiger partial charge in [0.2, 0.25) is 0 Å². The van der Waals surface area contributed by atoms with Gasteiger partial charge in [0, 0.05) is 6.21 Å². The van der Waals surface area contributed by atoms with Crippen LogP contribution in [-0.2, 0) is 0 Å². The Hall–Kier alpha value is -1.37. The van der Waals surface area contributed by atoms with E-state index in [4.69, 9.17) is 5.41 Å². The summed E-state index contributed by atoms with van der Waals surface area (Å²) >= 11 is 0. The monoisotopic (exact) mass is 159 g/mol. The lowest BCUT2D eigenvalue weighted by Crippen LogP contribution is -1.88. The third kappa shape index (κ3) is 1.62. The van der Waals surface area contributed by atoms with Gasteiger partial charge in [0.05, 0.1) is 0 Å². The number of hydrogen-bond acceptors (Lipinski definition) is 1. The topological polar surface area (TPSA) is 23.9 Å². The van der Waals surface area contributed by atoms with E-state index in [0.29, 0.717) is 0 Å². The number of hydrogen-bond donors (Lipinski definition) is 1. The van der Waals surface area contributed by atoms with Gasteiger partial charge in [-0.1, -0.05) is 30.4 Å². The van der Waals surface area contributed by atoms with Gasteiger partial charge in [-0.15, -0.1) is 0 Å². The highest BCUT2D eigenvalue weighted by Gasteiger charge is 1.97. The first kappa shape index (κ1) is 8.72. The van der Waals surface area contributed by atoms with Crippen LogP contribution in [0.3, 0.4) is 0 Å². The van der Waals surface area contributed by atoms with Crippen molar-refractivity contribution in [3.63, 3.8) is 0 Å². The van der Waals surface area contributed by atoms with E-state index >= 15 is 0 Å². The molecule has 0 bridgehead atoms. The SMILES string of the molecule is C/C=C\c1c(C)cccc1C=N. The van der Waals surface area contributed by atoms with Gasteiger partial charge < -0.3 is 5.41 Å². The highest BCUT2D eigenvalue weighted by atomic mass is 14.3. The van der Waals surface area contributed by atoms with Gasteiger partial charge >= 0.3 is 0 Å². The zero-order valence-electron chi connectivity index (χ0n) is 7.46. The minimum atomic E-state index is 0.980. The molecule has 0 aliphatic rings. The van der Waals surface area contributed by atoms with Crippen LogP contribution in [0.25, 0.3) is 6.08 Å². The van der Waals surface area contributed by atoms with E-state index in [1.165, 1.54) is 11.8 Å². The Kier molecular flexibility index (Phi) is 2.81. The van der Waals surface area contributed by atoms with Gasteiger partial charge in [-0.05, 0) is 30.5 Å². The Morgan fingerprint density at radius 3 is 2.67 bits per heavy atom. The zero-order chi connectivity index (χ0) is 8.97. The summed E-state index contributed by atoms with van der Waals surface area (Å²) in [6.07, 6.45) is 5.42. The molecule has 0 fully saturated rings. The third-order valence-electron chi connectivity index (χ3n) is 1.85. The van der Waals surface area contributed by atoms with Gasteiger partial charge in [0.25, 0.3) is 0 Å². The summed E-state index contributed by atoms with van der Waals surface area (Å²) in [5, 5.41) is 7.20. The van der Waals surface area contributed by atoms with Crippen molar-refractivity contribution in [2.75, 3.05) is 0 Å². The molecule has 1 nitrogen and oxygen atoms in total. The van der Waals surface area contributed by atoms with E-state index in [1.807, 2.05) is 31.2 Å². The molecule has 0 aliphatic heterocycles. The zero-order valence-corrected chi connectivity index (χ0v) is 7.46. The Morgan fingerprint density at radius 2 is 2.08 bits per heavy atom. The van der Waals surface area contributed by atoms with E-state index in [-0.39, 0.29) is 0 Å². The van der Waals surface area contributed by atoms with E-state index in [9.17, 15) is 0 Å². The molecule has 0 radical (unpaired) electrons. The minimum Gasteiger partial charge on any atom is -0.308 e. The lowest BCUT2D eigenvalue weighted by atomic mass is 10.0. The molecule has 1 N–H and O–H groups in total. The molecular formula is C11H13N. The molecule has 0 atom stereocenters. The molecule has 0 unspecified atom stereocenters. The van der Waals surface area contributed by atoms with Crippen LogP contribution >= 0.6 is 0 Å². The van der Waals surface area contributed by atoms with Gasteiger partial charge in [-0.25, -0.2) is 0 Å². The summed E-state index contributed by atoms with van der Waals surface area (Å²) < 4.78 is 0. The lowest BCUT2D eigenvalue weighted by Gasteiger charge is -2.03. The van der Waals surface area contributed by atoms with Crippen LogP contribution in [0.2, 0.25) is 0 Å². The summed E-state index contributed by atoms with van der Waals surface area (Å²) in [5.41, 5.74) is 3.34. The number of allylic oxidation sites excluding steroid dienone is 1. The molecule has 1 rings (SSSR count). The molecule has 1 aromatic rings. The first-order chi connectivity index (χ1) is 5.79. The second-order valence-corrected chi connectivity index (χ2v) is 2.72. The standard InChI is InChI=1S/C11H13N/c1-3-5-11-9(2)6-4-7-10(11)8-12/h3-8,12H,1-2H3/b5-3-,12-8?. The second-order valence-electron chi connectivity index (χ2n) is 2.72. The molecular weight excluding hydrogens is 146 g/mol. The van der Waals surface area contributed by atoms with Crippen molar-refractivity contribution in [1.29, 1.82) is 5.41 Å². The van der Waals surface area contributed by atoms with Crippen LogP contribution in [0.5, 0.6) is 0 Å². The van der Waals surface area contributed by atoms with Gasteiger partial charge in [-0.2, -0.15) is 0 Å². The van der Waals surface area contributed by atoms with Gasteiger partial charge in [-0.3, -0.25) is 0 Å². The van der Waals surface area contributed by atoms with Gasteiger partial charge in [0.15, 0.2) is 0 Å². The van der Waals surface area contributed by atoms with Crippen molar-refractivity contribution >= 4 is 12.3 Å². The van der Waals surface area contributed by atoms with Crippen molar-refractivity contribution in [2.24, 2.45) is 0 Å². The van der Waals surface area contributed by atoms with Crippen LogP contribution < -0.4 is 0 Å². The first-order valence-corrected chi connectivity index (χ1v) is 4.02. The smallest absolute Gasteiger partial charge is 0.0256 e. The van der Waals surface area contributed by atoms with Gasteiger partial charge in [0.1, 0.15) is 0 Å². The molecule has 62 valence electrons.